The number of carbonyl (C=O) groups excluding carboxylic acids is 3. The van der Waals surface area contributed by atoms with Crippen molar-refractivity contribution in [3.05, 3.63) is 53.9 Å². The number of nitrogens with zero attached hydrogens (tertiary/aromatic N) is 4. The summed E-state index contributed by atoms with van der Waals surface area (Å²) in [6.45, 7) is 2.57. The predicted octanol–water partition coefficient (Wildman–Crippen LogP) is 2.34. The molecule has 0 bridgehead atoms. The summed E-state index contributed by atoms with van der Waals surface area (Å²) in [5.74, 6) is -0.329. The Bertz CT molecular complexity index is 1050. The smallest absolute Gasteiger partial charge is 0.253 e. The van der Waals surface area contributed by atoms with E-state index in [1.807, 2.05) is 35.2 Å². The molecule has 0 saturated carbocycles. The van der Waals surface area contributed by atoms with E-state index in [-0.39, 0.29) is 30.3 Å². The first-order valence-corrected chi connectivity index (χ1v) is 11.8. The molecule has 8 nitrogen and oxygen atoms in total. The summed E-state index contributed by atoms with van der Waals surface area (Å²) >= 11 is 0. The van der Waals surface area contributed by atoms with Crippen molar-refractivity contribution in [1.82, 2.24) is 15.2 Å². The van der Waals surface area contributed by atoms with E-state index in [1.165, 1.54) is 0 Å². The predicted molar refractivity (Wildman–Crippen MR) is 125 cm³/mol. The molecule has 33 heavy (non-hydrogen) atoms. The molecule has 1 aromatic heterocycles. The van der Waals surface area contributed by atoms with Crippen LogP contribution in [0, 0.1) is 0 Å². The average molecular weight is 448 g/mol. The SMILES string of the molecule is O=C(CN1C(=O)[C@H]2CCCCN2c2ccc(C(=O)N3CCCC3)cc21)NCc1ccccn1. The van der Waals surface area contributed by atoms with Gasteiger partial charge in [-0.15, -0.1) is 0 Å². The number of piperidine rings is 1. The van der Waals surface area contributed by atoms with Gasteiger partial charge in [0.2, 0.25) is 11.8 Å². The van der Waals surface area contributed by atoms with Gasteiger partial charge < -0.3 is 15.1 Å². The lowest BCUT2D eigenvalue weighted by molar-refractivity contribution is -0.125. The Balaban J connectivity index is 1.41. The highest BCUT2D eigenvalue weighted by atomic mass is 16.2. The summed E-state index contributed by atoms with van der Waals surface area (Å²) < 4.78 is 0. The van der Waals surface area contributed by atoms with E-state index >= 15 is 0 Å². The van der Waals surface area contributed by atoms with Crippen LogP contribution in [0.5, 0.6) is 0 Å². The summed E-state index contributed by atoms with van der Waals surface area (Å²) in [5, 5.41) is 2.87. The highest BCUT2D eigenvalue weighted by molar-refractivity contribution is 6.09. The zero-order chi connectivity index (χ0) is 22.8. The summed E-state index contributed by atoms with van der Waals surface area (Å²) in [5.41, 5.74) is 2.90. The summed E-state index contributed by atoms with van der Waals surface area (Å²) in [6.07, 6.45) is 6.53. The number of amides is 3. The van der Waals surface area contributed by atoms with Crippen LogP contribution in [0.3, 0.4) is 0 Å². The molecule has 1 aromatic carbocycles. The summed E-state index contributed by atoms with van der Waals surface area (Å²) in [6, 6.07) is 10.9. The van der Waals surface area contributed by atoms with Crippen molar-refractivity contribution in [3.8, 4) is 0 Å². The number of hydrogen-bond acceptors (Lipinski definition) is 5. The van der Waals surface area contributed by atoms with E-state index in [2.05, 4.69) is 15.2 Å². The van der Waals surface area contributed by atoms with Gasteiger partial charge in [-0.2, -0.15) is 0 Å². The second-order valence-electron chi connectivity index (χ2n) is 8.93. The molecule has 1 atom stereocenters. The molecule has 3 aliphatic rings. The Morgan fingerprint density at radius 3 is 2.61 bits per heavy atom. The summed E-state index contributed by atoms with van der Waals surface area (Å²) in [7, 11) is 0. The number of likely N-dealkylation sites (tertiary alicyclic amines) is 1. The standard InChI is InChI=1S/C25H29N5O3/c31-23(27-16-19-7-1-3-11-26-19)17-30-22-15-18(24(32)28-12-5-6-13-28)9-10-20(22)29-14-4-2-8-21(29)25(30)33/h1,3,7,9-11,15,21H,2,4-6,8,12-14,16-17H2,(H,27,31)/t21-/m1/s1. The molecule has 0 radical (unpaired) electrons. The lowest BCUT2D eigenvalue weighted by Gasteiger charge is -2.45. The third-order valence-corrected chi connectivity index (χ3v) is 6.76. The second-order valence-corrected chi connectivity index (χ2v) is 8.93. The first kappa shape index (κ1) is 21.4. The van der Waals surface area contributed by atoms with Crippen molar-refractivity contribution < 1.29 is 14.4 Å². The van der Waals surface area contributed by atoms with Crippen LogP contribution in [-0.4, -0.2) is 59.8 Å². The second kappa shape index (κ2) is 9.21. The van der Waals surface area contributed by atoms with E-state index in [0.717, 1.165) is 63.1 Å². The minimum Gasteiger partial charge on any atom is -0.358 e. The molecule has 3 amide bonds. The van der Waals surface area contributed by atoms with Crippen LogP contribution >= 0.6 is 0 Å². The minimum atomic E-state index is -0.255. The molecular formula is C25H29N5O3. The van der Waals surface area contributed by atoms with E-state index in [9.17, 15) is 14.4 Å². The molecule has 3 aliphatic heterocycles. The number of fused-ring (bicyclic) bond motifs is 3. The third-order valence-electron chi connectivity index (χ3n) is 6.76. The van der Waals surface area contributed by atoms with Gasteiger partial charge in [0.15, 0.2) is 0 Å². The number of hydrogen-bond donors (Lipinski definition) is 1. The van der Waals surface area contributed by atoms with Crippen LogP contribution in [0.15, 0.2) is 42.6 Å². The topological polar surface area (TPSA) is 85.9 Å². The first-order valence-electron chi connectivity index (χ1n) is 11.8. The van der Waals surface area contributed by atoms with E-state index in [1.54, 1.807) is 17.2 Å². The zero-order valence-electron chi connectivity index (χ0n) is 18.7. The number of aromatic nitrogens is 1. The van der Waals surface area contributed by atoms with Gasteiger partial charge in [-0.3, -0.25) is 24.3 Å². The Labute approximate surface area is 193 Å². The molecule has 2 saturated heterocycles. The van der Waals surface area contributed by atoms with Crippen LogP contribution in [0.2, 0.25) is 0 Å². The fourth-order valence-electron chi connectivity index (χ4n) is 5.05. The fourth-order valence-corrected chi connectivity index (χ4v) is 5.05. The molecular weight excluding hydrogens is 418 g/mol. The maximum atomic E-state index is 13.5. The van der Waals surface area contributed by atoms with Crippen LogP contribution in [0.25, 0.3) is 0 Å². The van der Waals surface area contributed by atoms with Gasteiger partial charge in [-0.1, -0.05) is 6.07 Å². The Morgan fingerprint density at radius 1 is 1.00 bits per heavy atom. The van der Waals surface area contributed by atoms with Gasteiger partial charge in [0.1, 0.15) is 12.6 Å². The average Bonchev–Trinajstić information content (AvgIpc) is 3.40. The van der Waals surface area contributed by atoms with Gasteiger partial charge in [-0.25, -0.2) is 0 Å². The van der Waals surface area contributed by atoms with Gasteiger partial charge in [0.05, 0.1) is 23.6 Å². The lowest BCUT2D eigenvalue weighted by Crippen LogP contribution is -2.57. The molecule has 2 fully saturated rings. The molecule has 8 heteroatoms. The van der Waals surface area contributed by atoms with Gasteiger partial charge in [0.25, 0.3) is 5.91 Å². The summed E-state index contributed by atoms with van der Waals surface area (Å²) in [4.78, 5) is 49.1. The molecule has 1 N–H and O–H groups in total. The normalized spacial score (nSPS) is 19.8. The van der Waals surface area contributed by atoms with Crippen molar-refractivity contribution >= 4 is 29.1 Å². The van der Waals surface area contributed by atoms with Crippen LogP contribution in [0.1, 0.15) is 48.2 Å². The number of benzene rings is 1. The maximum Gasteiger partial charge on any atom is 0.253 e. The number of anilines is 2. The molecule has 172 valence electrons. The Kier molecular flexibility index (Phi) is 5.98. The molecule has 0 aliphatic carbocycles. The van der Waals surface area contributed by atoms with E-state index in [0.29, 0.717) is 17.8 Å². The van der Waals surface area contributed by atoms with Crippen molar-refractivity contribution in [1.29, 1.82) is 0 Å². The first-order chi connectivity index (χ1) is 16.1. The Hall–Kier alpha value is -3.42. The maximum absolute atomic E-state index is 13.5. The Morgan fingerprint density at radius 2 is 1.82 bits per heavy atom. The van der Waals surface area contributed by atoms with Crippen molar-refractivity contribution in [2.75, 3.05) is 36.0 Å². The van der Waals surface area contributed by atoms with Crippen LogP contribution in [-0.2, 0) is 16.1 Å². The molecule has 4 heterocycles. The number of nitrogens with one attached hydrogen (secondary N) is 1. The van der Waals surface area contributed by atoms with Crippen LogP contribution in [0.4, 0.5) is 11.4 Å². The van der Waals surface area contributed by atoms with Crippen molar-refractivity contribution in [2.45, 2.75) is 44.7 Å². The minimum absolute atomic E-state index is 0.0110. The van der Waals surface area contributed by atoms with E-state index in [4.69, 9.17) is 0 Å². The monoisotopic (exact) mass is 447 g/mol. The van der Waals surface area contributed by atoms with Gasteiger partial charge in [-0.05, 0) is 62.4 Å². The van der Waals surface area contributed by atoms with Crippen LogP contribution < -0.4 is 15.1 Å². The highest BCUT2D eigenvalue weighted by Gasteiger charge is 2.40. The van der Waals surface area contributed by atoms with E-state index < -0.39 is 0 Å². The van der Waals surface area contributed by atoms with Crippen molar-refractivity contribution in [2.24, 2.45) is 0 Å². The highest BCUT2D eigenvalue weighted by Crippen LogP contribution is 2.40. The molecule has 0 unspecified atom stereocenters. The van der Waals surface area contributed by atoms with Crippen molar-refractivity contribution in [3.63, 3.8) is 0 Å². The largest absolute Gasteiger partial charge is 0.358 e. The number of rotatable bonds is 5. The quantitative estimate of drug-likeness (QED) is 0.761. The molecule has 2 aromatic rings. The number of carbonyl (C=O) groups is 3. The zero-order valence-corrected chi connectivity index (χ0v) is 18.7. The van der Waals surface area contributed by atoms with Gasteiger partial charge >= 0.3 is 0 Å². The lowest BCUT2D eigenvalue weighted by atomic mass is 9.95. The van der Waals surface area contributed by atoms with Gasteiger partial charge in [0, 0.05) is 31.4 Å². The number of pyridine rings is 1. The third kappa shape index (κ3) is 4.29. The fraction of sp³-hybridized carbons (Fsp3) is 0.440. The molecule has 5 rings (SSSR count). The molecule has 0 spiro atoms.